The normalized spacial score (nSPS) is 19.1. The highest BCUT2D eigenvalue weighted by Crippen LogP contribution is 2.29. The Morgan fingerprint density at radius 3 is 2.73 bits per heavy atom. The molecule has 1 aliphatic rings. The predicted molar refractivity (Wildman–Crippen MR) is 80.3 cm³/mol. The van der Waals surface area contributed by atoms with Crippen molar-refractivity contribution in [2.75, 3.05) is 27.3 Å². The zero-order chi connectivity index (χ0) is 16.3. The Balaban J connectivity index is 2.45. The Kier molecular flexibility index (Phi) is 5.05. The van der Waals surface area contributed by atoms with Crippen LogP contribution in [0.15, 0.2) is 23.1 Å². The van der Waals surface area contributed by atoms with Crippen LogP contribution in [0.25, 0.3) is 0 Å². The van der Waals surface area contributed by atoms with E-state index in [1.54, 1.807) is 0 Å². The minimum atomic E-state index is -3.70. The number of carbonyl (C=O) groups excluding carboxylic acids is 1. The van der Waals surface area contributed by atoms with Crippen molar-refractivity contribution in [2.24, 2.45) is 5.73 Å². The van der Waals surface area contributed by atoms with E-state index >= 15 is 0 Å². The van der Waals surface area contributed by atoms with Gasteiger partial charge in [-0.15, -0.1) is 0 Å². The first-order valence-electron chi connectivity index (χ1n) is 6.94. The fourth-order valence-electron chi connectivity index (χ4n) is 2.61. The van der Waals surface area contributed by atoms with Gasteiger partial charge in [0, 0.05) is 19.1 Å². The van der Waals surface area contributed by atoms with Gasteiger partial charge in [-0.3, -0.25) is 0 Å². The minimum Gasteiger partial charge on any atom is -0.496 e. The monoisotopic (exact) mass is 328 g/mol. The lowest BCUT2D eigenvalue weighted by Gasteiger charge is -2.23. The van der Waals surface area contributed by atoms with Gasteiger partial charge in [0.05, 0.1) is 19.1 Å². The van der Waals surface area contributed by atoms with Gasteiger partial charge in [0.1, 0.15) is 11.3 Å². The average Bonchev–Trinajstić information content (AvgIpc) is 3.02. The van der Waals surface area contributed by atoms with Gasteiger partial charge in [-0.2, -0.15) is 4.31 Å². The molecule has 2 N–H and O–H groups in total. The maximum absolute atomic E-state index is 12.7. The molecule has 7 nitrogen and oxygen atoms in total. The van der Waals surface area contributed by atoms with Crippen molar-refractivity contribution in [1.29, 1.82) is 0 Å². The summed E-state index contributed by atoms with van der Waals surface area (Å²) in [6.45, 7) is 0.711. The summed E-state index contributed by atoms with van der Waals surface area (Å²) < 4.78 is 36.6. The maximum Gasteiger partial charge on any atom is 0.341 e. The molecule has 122 valence electrons. The molecule has 1 fully saturated rings. The molecule has 0 spiro atoms. The van der Waals surface area contributed by atoms with Crippen molar-refractivity contribution in [1.82, 2.24) is 4.31 Å². The molecule has 1 aliphatic heterocycles. The van der Waals surface area contributed by atoms with Crippen LogP contribution in [-0.2, 0) is 14.8 Å². The molecule has 8 heteroatoms. The first kappa shape index (κ1) is 16.7. The molecule has 0 aliphatic carbocycles. The van der Waals surface area contributed by atoms with Crippen LogP contribution in [0.4, 0.5) is 0 Å². The van der Waals surface area contributed by atoms with Gasteiger partial charge >= 0.3 is 5.97 Å². The number of methoxy groups -OCH3 is 2. The van der Waals surface area contributed by atoms with Crippen molar-refractivity contribution in [3.63, 3.8) is 0 Å². The molecule has 1 atom stereocenters. The number of hydrogen-bond acceptors (Lipinski definition) is 6. The second-order valence-corrected chi connectivity index (χ2v) is 6.89. The number of esters is 1. The summed E-state index contributed by atoms with van der Waals surface area (Å²) in [6.07, 6.45) is 1.52. The van der Waals surface area contributed by atoms with Crippen LogP contribution >= 0.6 is 0 Å². The summed E-state index contributed by atoms with van der Waals surface area (Å²) in [5.74, 6) is -0.381. The Bertz CT molecular complexity index is 659. The number of sulfonamides is 1. The molecule has 1 aromatic carbocycles. The number of benzene rings is 1. The molecule has 22 heavy (non-hydrogen) atoms. The smallest absolute Gasteiger partial charge is 0.341 e. The first-order chi connectivity index (χ1) is 10.5. The quantitative estimate of drug-likeness (QED) is 0.795. The van der Waals surface area contributed by atoms with Gasteiger partial charge in [-0.05, 0) is 31.0 Å². The largest absolute Gasteiger partial charge is 0.496 e. The molecule has 0 saturated carbocycles. The van der Waals surface area contributed by atoms with Crippen molar-refractivity contribution in [2.45, 2.75) is 23.8 Å². The van der Waals surface area contributed by atoms with E-state index in [1.165, 1.54) is 36.7 Å². The van der Waals surface area contributed by atoms with E-state index in [0.717, 1.165) is 12.8 Å². The van der Waals surface area contributed by atoms with E-state index in [2.05, 4.69) is 4.74 Å². The highest BCUT2D eigenvalue weighted by atomic mass is 32.2. The third-order valence-corrected chi connectivity index (χ3v) is 5.73. The summed E-state index contributed by atoms with van der Waals surface area (Å²) in [4.78, 5) is 11.8. The summed E-state index contributed by atoms with van der Waals surface area (Å²) in [5, 5.41) is 0. The summed E-state index contributed by atoms with van der Waals surface area (Å²) in [7, 11) is -1.07. The fourth-order valence-corrected chi connectivity index (χ4v) is 4.34. The van der Waals surface area contributed by atoms with E-state index in [-0.39, 0.29) is 28.8 Å². The van der Waals surface area contributed by atoms with Crippen molar-refractivity contribution in [3.05, 3.63) is 23.8 Å². The average molecular weight is 328 g/mol. The molecule has 1 aromatic rings. The first-order valence-corrected chi connectivity index (χ1v) is 8.38. The fraction of sp³-hybridized carbons (Fsp3) is 0.500. The number of nitrogens with zero attached hydrogens (tertiary/aromatic N) is 1. The Morgan fingerprint density at radius 1 is 1.41 bits per heavy atom. The van der Waals surface area contributed by atoms with E-state index in [9.17, 15) is 13.2 Å². The van der Waals surface area contributed by atoms with Crippen LogP contribution in [0, 0.1) is 0 Å². The molecule has 1 unspecified atom stereocenters. The van der Waals surface area contributed by atoms with Crippen LogP contribution < -0.4 is 10.5 Å². The molecular weight excluding hydrogens is 308 g/mol. The lowest BCUT2D eigenvalue weighted by molar-refractivity contribution is 0.0597. The second kappa shape index (κ2) is 6.64. The molecule has 1 saturated heterocycles. The lowest BCUT2D eigenvalue weighted by atomic mass is 10.2. The van der Waals surface area contributed by atoms with E-state index in [0.29, 0.717) is 6.54 Å². The summed E-state index contributed by atoms with van der Waals surface area (Å²) >= 11 is 0. The topological polar surface area (TPSA) is 98.9 Å². The Hall–Kier alpha value is -1.64. The van der Waals surface area contributed by atoms with Crippen LogP contribution in [0.3, 0.4) is 0 Å². The Morgan fingerprint density at radius 2 is 2.14 bits per heavy atom. The minimum absolute atomic E-state index is 0.0362. The number of nitrogens with two attached hydrogens (primary N) is 1. The van der Waals surface area contributed by atoms with Crippen LogP contribution in [-0.4, -0.2) is 52.0 Å². The van der Waals surface area contributed by atoms with E-state index in [4.69, 9.17) is 10.5 Å². The van der Waals surface area contributed by atoms with E-state index < -0.39 is 16.0 Å². The number of carbonyl (C=O) groups is 1. The summed E-state index contributed by atoms with van der Waals surface area (Å²) in [5.41, 5.74) is 5.72. The van der Waals surface area contributed by atoms with Crippen LogP contribution in [0.2, 0.25) is 0 Å². The molecule has 0 bridgehead atoms. The zero-order valence-electron chi connectivity index (χ0n) is 12.6. The molecule has 0 radical (unpaired) electrons. The van der Waals surface area contributed by atoms with Gasteiger partial charge < -0.3 is 15.2 Å². The highest BCUT2D eigenvalue weighted by molar-refractivity contribution is 7.89. The number of rotatable bonds is 5. The molecule has 0 amide bonds. The highest BCUT2D eigenvalue weighted by Gasteiger charge is 2.35. The summed E-state index contributed by atoms with van der Waals surface area (Å²) in [6, 6.07) is 3.96. The van der Waals surface area contributed by atoms with Crippen molar-refractivity contribution < 1.29 is 22.7 Å². The lowest BCUT2D eigenvalue weighted by Crippen LogP contribution is -2.39. The molecule has 1 heterocycles. The van der Waals surface area contributed by atoms with Crippen molar-refractivity contribution >= 4 is 16.0 Å². The van der Waals surface area contributed by atoms with Gasteiger partial charge in [0.2, 0.25) is 10.0 Å². The molecule has 0 aromatic heterocycles. The van der Waals surface area contributed by atoms with Crippen molar-refractivity contribution in [3.8, 4) is 5.75 Å². The van der Waals surface area contributed by atoms with Gasteiger partial charge in [0.15, 0.2) is 0 Å². The Labute approximate surface area is 130 Å². The second-order valence-electron chi connectivity index (χ2n) is 5.00. The number of ether oxygens (including phenoxy) is 2. The third kappa shape index (κ3) is 2.94. The van der Waals surface area contributed by atoms with Crippen LogP contribution in [0.1, 0.15) is 23.2 Å². The zero-order valence-corrected chi connectivity index (χ0v) is 13.4. The van der Waals surface area contributed by atoms with Gasteiger partial charge in [0.25, 0.3) is 0 Å². The number of hydrogen-bond donors (Lipinski definition) is 1. The third-order valence-electron chi connectivity index (χ3n) is 3.78. The van der Waals surface area contributed by atoms with Gasteiger partial charge in [-0.25, -0.2) is 13.2 Å². The van der Waals surface area contributed by atoms with Crippen LogP contribution in [0.5, 0.6) is 5.75 Å². The predicted octanol–water partition coefficient (Wildman–Crippen LogP) is 0.594. The van der Waals surface area contributed by atoms with E-state index in [1.807, 2.05) is 0 Å². The maximum atomic E-state index is 12.7. The molecular formula is C14H20N2O5S. The molecule has 2 rings (SSSR count). The van der Waals surface area contributed by atoms with Gasteiger partial charge in [-0.1, -0.05) is 0 Å². The standard InChI is InChI=1S/C14H20N2O5S/c1-20-13-6-5-11(8-12(13)14(17)21-2)22(18,19)16-7-3-4-10(16)9-15/h5-6,8,10H,3-4,7,9,15H2,1-2H3. The SMILES string of the molecule is COC(=O)c1cc(S(=O)(=O)N2CCCC2CN)ccc1OC.